The van der Waals surface area contributed by atoms with Gasteiger partial charge in [0, 0.05) is 30.5 Å². The first kappa shape index (κ1) is 24.1. The number of aliphatic hydroxyl groups is 1. The first-order valence-electron chi connectivity index (χ1n) is 11.3. The third kappa shape index (κ3) is 4.13. The van der Waals surface area contributed by atoms with E-state index < -0.39 is 34.1 Å². The number of carboxylic acid groups (broad SMARTS) is 1. The van der Waals surface area contributed by atoms with Gasteiger partial charge in [-0.1, -0.05) is 18.9 Å². The van der Waals surface area contributed by atoms with Gasteiger partial charge in [-0.2, -0.15) is 0 Å². The van der Waals surface area contributed by atoms with Gasteiger partial charge in [-0.15, -0.1) is 18.3 Å². The monoisotopic (exact) mass is 452 g/mol. The summed E-state index contributed by atoms with van der Waals surface area (Å²) in [6.45, 7) is 10.7. The predicted molar refractivity (Wildman–Crippen MR) is 121 cm³/mol. The largest absolute Gasteiger partial charge is 0.481 e. The van der Waals surface area contributed by atoms with Crippen molar-refractivity contribution in [3.8, 4) is 0 Å². The Bertz CT molecular complexity index is 736. The van der Waals surface area contributed by atoms with Crippen molar-refractivity contribution >= 4 is 29.5 Å². The molecule has 3 aliphatic rings. The number of aliphatic hydroxyl groups excluding tert-OH is 1. The molecule has 0 saturated carbocycles. The molecule has 3 heterocycles. The predicted octanol–water partition coefficient (Wildman–Crippen LogP) is 2.53. The zero-order valence-corrected chi connectivity index (χ0v) is 19.7. The number of likely N-dealkylation sites (tertiary alicyclic amines) is 1. The second kappa shape index (κ2) is 9.14. The van der Waals surface area contributed by atoms with Crippen molar-refractivity contribution in [2.75, 3.05) is 19.7 Å². The van der Waals surface area contributed by atoms with E-state index in [4.69, 9.17) is 5.11 Å². The number of rotatable bonds is 10. The molecule has 174 valence electrons. The normalized spacial score (nSPS) is 31.7. The maximum absolute atomic E-state index is 14.0. The van der Waals surface area contributed by atoms with Crippen molar-refractivity contribution in [3.05, 3.63) is 12.7 Å². The van der Waals surface area contributed by atoms with Gasteiger partial charge in [-0.25, -0.2) is 0 Å². The lowest BCUT2D eigenvalue weighted by Crippen LogP contribution is -2.58. The third-order valence-electron chi connectivity index (χ3n) is 7.01. The Balaban J connectivity index is 1.95. The highest BCUT2D eigenvalue weighted by Crippen LogP contribution is 2.66. The number of unbranched alkanes of at least 4 members (excludes halogenated alkanes) is 3. The van der Waals surface area contributed by atoms with Crippen LogP contribution >= 0.6 is 11.8 Å². The number of carbonyl (C=O) groups is 3. The highest BCUT2D eigenvalue weighted by atomic mass is 32.2. The van der Waals surface area contributed by atoms with Gasteiger partial charge >= 0.3 is 5.97 Å². The number of hydrogen-bond donors (Lipinski definition) is 2. The topological polar surface area (TPSA) is 98.2 Å². The summed E-state index contributed by atoms with van der Waals surface area (Å²) in [5, 5.41) is 18.8. The summed E-state index contributed by atoms with van der Waals surface area (Å²) in [4.78, 5) is 43.1. The Morgan fingerprint density at radius 2 is 1.97 bits per heavy atom. The molecular formula is C23H36N2O5S. The Morgan fingerprint density at radius 3 is 2.55 bits per heavy atom. The standard InChI is InChI=1S/C23H36N2O5S/c1-5-12-25(22(2,3)4)20(28)18-23-11-10-15(31-23)16(21(29)30)17(23)19(27)24(18)13-8-6-7-9-14-26/h5,15-18,26H,1,6-14H2,2-4H3,(H,29,30)/t15-,16+,17+,18?,23?/m1/s1. The Morgan fingerprint density at radius 1 is 1.29 bits per heavy atom. The van der Waals surface area contributed by atoms with Gasteiger partial charge in [0.1, 0.15) is 6.04 Å². The molecule has 5 atom stereocenters. The molecule has 1 spiro atoms. The maximum atomic E-state index is 14.0. The van der Waals surface area contributed by atoms with Crippen LogP contribution in [0.5, 0.6) is 0 Å². The summed E-state index contributed by atoms with van der Waals surface area (Å²) >= 11 is 1.57. The number of thioether (sulfide) groups is 1. The minimum atomic E-state index is -0.924. The summed E-state index contributed by atoms with van der Waals surface area (Å²) < 4.78 is -0.655. The Kier molecular flexibility index (Phi) is 7.11. The molecule has 2 bridgehead atoms. The molecule has 0 aromatic heterocycles. The van der Waals surface area contributed by atoms with E-state index >= 15 is 0 Å². The van der Waals surface area contributed by atoms with Crippen molar-refractivity contribution in [1.82, 2.24) is 9.80 Å². The molecule has 3 rings (SSSR count). The molecule has 0 radical (unpaired) electrons. The van der Waals surface area contributed by atoms with E-state index in [9.17, 15) is 19.5 Å². The molecule has 2 N–H and O–H groups in total. The highest BCUT2D eigenvalue weighted by Gasteiger charge is 2.74. The zero-order chi connectivity index (χ0) is 23.0. The average Bonchev–Trinajstić information content (AvgIpc) is 3.32. The van der Waals surface area contributed by atoms with E-state index in [2.05, 4.69) is 6.58 Å². The van der Waals surface area contributed by atoms with Crippen LogP contribution in [0.3, 0.4) is 0 Å². The first-order chi connectivity index (χ1) is 14.6. The van der Waals surface area contributed by atoms with Gasteiger partial charge < -0.3 is 20.0 Å². The van der Waals surface area contributed by atoms with E-state index in [1.807, 2.05) is 20.8 Å². The maximum Gasteiger partial charge on any atom is 0.308 e. The van der Waals surface area contributed by atoms with Crippen LogP contribution in [0.4, 0.5) is 0 Å². The molecule has 3 aliphatic heterocycles. The van der Waals surface area contributed by atoms with Crippen LogP contribution in [0.25, 0.3) is 0 Å². The number of hydrogen-bond acceptors (Lipinski definition) is 5. The van der Waals surface area contributed by atoms with E-state index in [1.54, 1.807) is 27.6 Å². The minimum absolute atomic E-state index is 0.0993. The molecule has 0 aliphatic carbocycles. The van der Waals surface area contributed by atoms with E-state index in [0.29, 0.717) is 19.5 Å². The molecule has 7 nitrogen and oxygen atoms in total. The van der Waals surface area contributed by atoms with Crippen molar-refractivity contribution in [2.24, 2.45) is 11.8 Å². The van der Waals surface area contributed by atoms with Crippen LogP contribution in [0, 0.1) is 11.8 Å². The van der Waals surface area contributed by atoms with E-state index in [-0.39, 0.29) is 23.7 Å². The second-order valence-corrected chi connectivity index (χ2v) is 11.6. The summed E-state index contributed by atoms with van der Waals surface area (Å²) in [6, 6.07) is -0.638. The van der Waals surface area contributed by atoms with Crippen LogP contribution in [-0.2, 0) is 14.4 Å². The lowest BCUT2D eigenvalue weighted by molar-refractivity contribution is -0.148. The number of fused-ring (bicyclic) bond motifs is 1. The SMILES string of the molecule is C=CCN(C(=O)C1N(CCCCCCO)C(=O)[C@@H]2[C@@H](C(=O)O)[C@H]3CCC12S3)C(C)(C)C. The van der Waals surface area contributed by atoms with Gasteiger partial charge in [-0.05, 0) is 46.5 Å². The third-order valence-corrected chi connectivity index (χ3v) is 8.97. The van der Waals surface area contributed by atoms with Gasteiger partial charge in [-0.3, -0.25) is 14.4 Å². The van der Waals surface area contributed by atoms with Crippen LogP contribution in [0.2, 0.25) is 0 Å². The number of carboxylic acids is 1. The molecule has 2 amide bonds. The van der Waals surface area contributed by atoms with Gasteiger partial charge in [0.2, 0.25) is 11.8 Å². The quantitative estimate of drug-likeness (QED) is 0.390. The fraction of sp³-hybridized carbons (Fsp3) is 0.783. The van der Waals surface area contributed by atoms with Crippen LogP contribution in [0.15, 0.2) is 12.7 Å². The molecule has 3 saturated heterocycles. The number of amides is 2. The van der Waals surface area contributed by atoms with E-state index in [1.165, 1.54) is 0 Å². The highest BCUT2D eigenvalue weighted by molar-refractivity contribution is 8.02. The van der Waals surface area contributed by atoms with Crippen molar-refractivity contribution in [2.45, 2.75) is 80.9 Å². The minimum Gasteiger partial charge on any atom is -0.481 e. The van der Waals surface area contributed by atoms with Crippen LogP contribution in [-0.4, -0.2) is 79.1 Å². The fourth-order valence-corrected chi connectivity index (χ4v) is 7.88. The fourth-order valence-electron chi connectivity index (χ4n) is 5.67. The average molecular weight is 453 g/mol. The summed E-state index contributed by atoms with van der Waals surface area (Å²) in [5.41, 5.74) is -0.441. The number of aliphatic carboxylic acids is 1. The molecule has 3 fully saturated rings. The smallest absolute Gasteiger partial charge is 0.308 e. The molecule has 0 aromatic rings. The molecule has 8 heteroatoms. The summed E-state index contributed by atoms with van der Waals surface area (Å²) in [5.74, 6) is -2.55. The van der Waals surface area contributed by atoms with Crippen molar-refractivity contribution in [1.29, 1.82) is 0 Å². The van der Waals surface area contributed by atoms with Crippen LogP contribution in [0.1, 0.15) is 59.3 Å². The Hall–Kier alpha value is -1.54. The van der Waals surface area contributed by atoms with Crippen molar-refractivity contribution in [3.63, 3.8) is 0 Å². The summed E-state index contributed by atoms with van der Waals surface area (Å²) in [7, 11) is 0. The van der Waals surface area contributed by atoms with Crippen LogP contribution < -0.4 is 0 Å². The van der Waals surface area contributed by atoms with Gasteiger partial charge in [0.05, 0.1) is 16.6 Å². The number of nitrogens with zero attached hydrogens (tertiary/aromatic N) is 2. The molecule has 0 aromatic carbocycles. The lowest BCUT2D eigenvalue weighted by Gasteiger charge is -2.42. The van der Waals surface area contributed by atoms with E-state index in [0.717, 1.165) is 32.1 Å². The number of carbonyl (C=O) groups excluding carboxylic acids is 2. The zero-order valence-electron chi connectivity index (χ0n) is 18.9. The van der Waals surface area contributed by atoms with Gasteiger partial charge in [0.25, 0.3) is 0 Å². The molecule has 31 heavy (non-hydrogen) atoms. The second-order valence-electron chi connectivity index (χ2n) is 9.97. The Labute approximate surface area is 189 Å². The molecule has 2 unspecified atom stereocenters. The lowest BCUT2D eigenvalue weighted by atomic mass is 9.71. The first-order valence-corrected chi connectivity index (χ1v) is 12.2. The molecular weight excluding hydrogens is 416 g/mol. The summed E-state index contributed by atoms with van der Waals surface area (Å²) in [6.07, 6.45) is 6.32. The van der Waals surface area contributed by atoms with Gasteiger partial charge in [0.15, 0.2) is 0 Å². The van der Waals surface area contributed by atoms with Crippen molar-refractivity contribution < 1.29 is 24.6 Å².